The predicted molar refractivity (Wildman–Crippen MR) is 74.3 cm³/mol. The van der Waals surface area contributed by atoms with Gasteiger partial charge in [0, 0.05) is 11.3 Å². The molecule has 0 aliphatic rings. The van der Waals surface area contributed by atoms with Crippen molar-refractivity contribution in [3.63, 3.8) is 0 Å². The molecule has 2 aromatic carbocycles. The van der Waals surface area contributed by atoms with Crippen LogP contribution in [0.1, 0.15) is 11.1 Å². The average Bonchev–Trinajstić information content (AvgIpc) is 2.42. The van der Waals surface area contributed by atoms with E-state index in [-0.39, 0.29) is 0 Å². The molecule has 17 heavy (non-hydrogen) atoms. The largest absolute Gasteiger partial charge is 0.468 e. The fourth-order valence-corrected chi connectivity index (χ4v) is 2.35. The number of nitrogens with zero attached hydrogens (tertiary/aromatic N) is 1. The SMILES string of the molecule is [OH2+]/N=C(\SCc1ccccc1)c1ccccc1. The van der Waals surface area contributed by atoms with Crippen LogP contribution in [-0.4, -0.2) is 10.3 Å². The highest BCUT2D eigenvalue weighted by Crippen LogP contribution is 2.18. The van der Waals surface area contributed by atoms with E-state index in [4.69, 9.17) is 5.21 Å². The summed E-state index contributed by atoms with van der Waals surface area (Å²) in [6.07, 6.45) is 0. The monoisotopic (exact) mass is 244 g/mol. The van der Waals surface area contributed by atoms with Gasteiger partial charge in [0.1, 0.15) is 0 Å². The Morgan fingerprint density at radius 3 is 2.12 bits per heavy atom. The van der Waals surface area contributed by atoms with Gasteiger partial charge in [0.05, 0.1) is 5.16 Å². The summed E-state index contributed by atoms with van der Waals surface area (Å²) in [7, 11) is 0. The van der Waals surface area contributed by atoms with Crippen LogP contribution in [-0.2, 0) is 5.75 Å². The van der Waals surface area contributed by atoms with Crippen molar-refractivity contribution >= 4 is 16.8 Å². The van der Waals surface area contributed by atoms with E-state index >= 15 is 0 Å². The Balaban J connectivity index is 2.03. The lowest BCUT2D eigenvalue weighted by atomic mass is 10.2. The highest BCUT2D eigenvalue weighted by molar-refractivity contribution is 8.13. The third-order valence-electron chi connectivity index (χ3n) is 2.34. The first-order chi connectivity index (χ1) is 8.40. The quantitative estimate of drug-likeness (QED) is 0.354. The van der Waals surface area contributed by atoms with Crippen molar-refractivity contribution in [3.05, 3.63) is 71.8 Å². The molecule has 0 radical (unpaired) electrons. The highest BCUT2D eigenvalue weighted by Gasteiger charge is 2.06. The van der Waals surface area contributed by atoms with Crippen LogP contribution < -0.4 is 0 Å². The minimum absolute atomic E-state index is 0.759. The van der Waals surface area contributed by atoms with Crippen LogP contribution in [0, 0.1) is 0 Å². The Kier molecular flexibility index (Phi) is 4.22. The zero-order valence-corrected chi connectivity index (χ0v) is 10.2. The van der Waals surface area contributed by atoms with Crippen molar-refractivity contribution < 1.29 is 5.21 Å². The molecule has 0 aliphatic heterocycles. The number of hydrogen-bond donors (Lipinski definition) is 0. The van der Waals surface area contributed by atoms with E-state index in [1.807, 2.05) is 48.5 Å². The zero-order chi connectivity index (χ0) is 11.9. The van der Waals surface area contributed by atoms with E-state index < -0.39 is 0 Å². The molecule has 0 unspecified atom stereocenters. The van der Waals surface area contributed by atoms with Crippen LogP contribution in [0.15, 0.2) is 65.8 Å². The maximum atomic E-state index is 7.23. The number of thioether (sulfide) groups is 1. The maximum Gasteiger partial charge on any atom is 0.193 e. The Bertz CT molecular complexity index is 482. The molecule has 0 amide bonds. The molecule has 0 spiro atoms. The Morgan fingerprint density at radius 1 is 0.941 bits per heavy atom. The first kappa shape index (κ1) is 11.7. The Morgan fingerprint density at radius 2 is 1.53 bits per heavy atom. The van der Waals surface area contributed by atoms with E-state index in [2.05, 4.69) is 17.3 Å². The van der Waals surface area contributed by atoms with Gasteiger partial charge in [-0.1, -0.05) is 72.4 Å². The molecule has 86 valence electrons. The summed E-state index contributed by atoms with van der Waals surface area (Å²) in [6.45, 7) is 0. The Hall–Kier alpha value is -1.74. The third-order valence-corrected chi connectivity index (χ3v) is 3.42. The van der Waals surface area contributed by atoms with Crippen LogP contribution in [0.2, 0.25) is 0 Å². The molecule has 0 fully saturated rings. The summed E-state index contributed by atoms with van der Waals surface area (Å²) in [6, 6.07) is 20.1. The number of rotatable bonds is 3. The second-order valence-corrected chi connectivity index (χ2v) is 4.52. The summed E-state index contributed by atoms with van der Waals surface area (Å²) in [4.78, 5) is 0. The molecule has 0 bridgehead atoms. The predicted octanol–water partition coefficient (Wildman–Crippen LogP) is 3.01. The van der Waals surface area contributed by atoms with E-state index in [1.54, 1.807) is 11.8 Å². The van der Waals surface area contributed by atoms with Gasteiger partial charge in [-0.25, -0.2) is 0 Å². The standard InChI is InChI=1S/C14H13NOS/c16-15-14(13-9-5-2-6-10-13)17-11-12-7-3-1-4-8-12/h1-10,16H,11H2/p+1/b15-14-. The molecule has 3 heteroatoms. The van der Waals surface area contributed by atoms with Gasteiger partial charge in [0.25, 0.3) is 0 Å². The molecule has 2 aromatic rings. The van der Waals surface area contributed by atoms with Gasteiger partial charge in [-0.15, -0.1) is 0 Å². The van der Waals surface area contributed by atoms with Crippen molar-refractivity contribution in [2.75, 3.05) is 0 Å². The second-order valence-electron chi connectivity index (χ2n) is 3.56. The van der Waals surface area contributed by atoms with Crippen molar-refractivity contribution in [1.29, 1.82) is 0 Å². The molecule has 2 nitrogen and oxygen atoms in total. The molecule has 0 saturated heterocycles. The van der Waals surface area contributed by atoms with Gasteiger partial charge in [-0.2, -0.15) is 0 Å². The van der Waals surface area contributed by atoms with E-state index in [9.17, 15) is 0 Å². The van der Waals surface area contributed by atoms with Gasteiger partial charge in [0.15, 0.2) is 5.04 Å². The van der Waals surface area contributed by atoms with Crippen LogP contribution in [0.25, 0.3) is 0 Å². The summed E-state index contributed by atoms with van der Waals surface area (Å²) in [5.41, 5.74) is 2.25. The zero-order valence-electron chi connectivity index (χ0n) is 9.34. The smallest absolute Gasteiger partial charge is 0.193 e. The molecule has 2 N–H and O–H groups in total. The van der Waals surface area contributed by atoms with Crippen molar-refractivity contribution in [1.82, 2.24) is 0 Å². The molecule has 0 heterocycles. The molecule has 2 rings (SSSR count). The third kappa shape index (κ3) is 3.36. The summed E-state index contributed by atoms with van der Waals surface area (Å²) < 4.78 is 0. The maximum absolute atomic E-state index is 7.23. The topological polar surface area (TPSA) is 35.3 Å². The van der Waals surface area contributed by atoms with Gasteiger partial charge in [-0.3, -0.25) is 0 Å². The fourth-order valence-electron chi connectivity index (χ4n) is 1.49. The molecule has 0 saturated carbocycles. The normalized spacial score (nSPS) is 11.4. The average molecular weight is 244 g/mol. The first-order valence-electron chi connectivity index (χ1n) is 5.36. The molecule has 0 aliphatic carbocycles. The number of hydrogen-bond acceptors (Lipinski definition) is 2. The van der Waals surface area contributed by atoms with Crippen molar-refractivity contribution in [2.45, 2.75) is 5.75 Å². The minimum atomic E-state index is 0.759. The first-order valence-corrected chi connectivity index (χ1v) is 6.35. The lowest BCUT2D eigenvalue weighted by Crippen LogP contribution is -1.96. The minimum Gasteiger partial charge on any atom is -0.468 e. The van der Waals surface area contributed by atoms with Gasteiger partial charge < -0.3 is 5.21 Å². The van der Waals surface area contributed by atoms with Crippen LogP contribution in [0.3, 0.4) is 0 Å². The van der Waals surface area contributed by atoms with E-state index in [0.717, 1.165) is 16.4 Å². The highest BCUT2D eigenvalue weighted by atomic mass is 32.2. The lowest BCUT2D eigenvalue weighted by molar-refractivity contribution is 0.321. The Labute approximate surface area is 105 Å². The van der Waals surface area contributed by atoms with Crippen molar-refractivity contribution in [2.24, 2.45) is 5.16 Å². The van der Waals surface area contributed by atoms with Crippen molar-refractivity contribution in [3.8, 4) is 0 Å². The van der Waals surface area contributed by atoms with Gasteiger partial charge >= 0.3 is 0 Å². The summed E-state index contributed by atoms with van der Waals surface area (Å²) in [5.74, 6) is 0.841. The molecule has 0 atom stereocenters. The molecular weight excluding hydrogens is 230 g/mol. The second kappa shape index (κ2) is 6.11. The summed E-state index contributed by atoms with van der Waals surface area (Å²) in [5, 5.41) is 11.6. The van der Waals surface area contributed by atoms with Crippen LogP contribution in [0.4, 0.5) is 0 Å². The van der Waals surface area contributed by atoms with Gasteiger partial charge in [-0.05, 0) is 5.56 Å². The number of benzene rings is 2. The fraction of sp³-hybridized carbons (Fsp3) is 0.0714. The molecular formula is C14H14NOS+. The van der Waals surface area contributed by atoms with Crippen LogP contribution in [0.5, 0.6) is 0 Å². The molecule has 0 aromatic heterocycles. The van der Waals surface area contributed by atoms with Gasteiger partial charge in [0.2, 0.25) is 0 Å². The van der Waals surface area contributed by atoms with E-state index in [0.29, 0.717) is 0 Å². The summed E-state index contributed by atoms with van der Waals surface area (Å²) >= 11 is 1.59. The lowest BCUT2D eigenvalue weighted by Gasteiger charge is -2.02. The van der Waals surface area contributed by atoms with Crippen LogP contribution >= 0.6 is 11.8 Å². The van der Waals surface area contributed by atoms with E-state index in [1.165, 1.54) is 5.56 Å².